The quantitative estimate of drug-likeness (QED) is 0.227. The number of ether oxygens (including phenoxy) is 1. The molecular formula is C29H22ClNO7. The van der Waals surface area contributed by atoms with E-state index in [-0.39, 0.29) is 28.8 Å². The normalized spacial score (nSPS) is 15.5. The highest BCUT2D eigenvalue weighted by Gasteiger charge is 2.45. The maximum Gasteiger partial charge on any atom is 0.338 e. The maximum atomic E-state index is 13.7. The van der Waals surface area contributed by atoms with Crippen LogP contribution in [0, 0.1) is 0 Å². The summed E-state index contributed by atoms with van der Waals surface area (Å²) in [6.45, 7) is 3.47. The van der Waals surface area contributed by atoms with Gasteiger partial charge in [0.25, 0.3) is 5.91 Å². The van der Waals surface area contributed by atoms with Crippen LogP contribution in [0.5, 0.6) is 5.75 Å². The van der Waals surface area contributed by atoms with Crippen LogP contribution in [0.2, 0.25) is 5.02 Å². The summed E-state index contributed by atoms with van der Waals surface area (Å²) >= 11 is 6.06. The molecule has 0 saturated carbocycles. The van der Waals surface area contributed by atoms with Crippen LogP contribution in [0.1, 0.15) is 46.4 Å². The highest BCUT2D eigenvalue weighted by Crippen LogP contribution is 2.42. The Kier molecular flexibility index (Phi) is 6.42. The van der Waals surface area contributed by atoms with Crippen molar-refractivity contribution in [2.24, 2.45) is 0 Å². The number of furan rings is 1. The molecule has 1 aromatic heterocycles. The minimum Gasteiger partial charge on any atom is -0.508 e. The standard InChI is InChI=1S/C29H22ClNO7/c1-15(2)37-29(36)17-3-8-20(9-4-17)31-25(16-5-10-21(32)11-6-16)24(27(34)28(31)35)26(33)23-14-18-13-19(30)7-12-22(18)38-23/h3-15,25,32,34H,1-2H3. The van der Waals surface area contributed by atoms with Crippen molar-refractivity contribution >= 4 is 45.9 Å². The van der Waals surface area contributed by atoms with Crippen molar-refractivity contribution in [3.8, 4) is 5.75 Å². The fraction of sp³-hybridized carbons (Fsp3) is 0.138. The number of carbonyl (C=O) groups is 3. The number of anilines is 1. The summed E-state index contributed by atoms with van der Waals surface area (Å²) in [4.78, 5) is 40.6. The van der Waals surface area contributed by atoms with Gasteiger partial charge in [0.05, 0.1) is 23.3 Å². The number of aliphatic hydroxyl groups excluding tert-OH is 1. The van der Waals surface area contributed by atoms with Gasteiger partial charge in [-0.2, -0.15) is 0 Å². The molecule has 1 unspecified atom stereocenters. The molecule has 4 aromatic rings. The fourth-order valence-electron chi connectivity index (χ4n) is 4.37. The predicted molar refractivity (Wildman–Crippen MR) is 141 cm³/mol. The first-order valence-corrected chi connectivity index (χ1v) is 12.1. The summed E-state index contributed by atoms with van der Waals surface area (Å²) < 4.78 is 10.9. The highest BCUT2D eigenvalue weighted by molar-refractivity contribution is 6.31. The van der Waals surface area contributed by atoms with Crippen LogP contribution < -0.4 is 4.90 Å². The molecule has 8 nitrogen and oxygen atoms in total. The second-order valence-electron chi connectivity index (χ2n) is 9.05. The van der Waals surface area contributed by atoms with E-state index in [1.54, 1.807) is 44.2 Å². The van der Waals surface area contributed by atoms with Gasteiger partial charge in [0.2, 0.25) is 5.78 Å². The molecule has 0 bridgehead atoms. The minimum absolute atomic E-state index is 0.00659. The third kappa shape index (κ3) is 4.50. The Morgan fingerprint density at radius 3 is 2.32 bits per heavy atom. The van der Waals surface area contributed by atoms with Gasteiger partial charge in [-0.3, -0.25) is 14.5 Å². The average Bonchev–Trinajstić information content (AvgIpc) is 3.42. The fourth-order valence-corrected chi connectivity index (χ4v) is 4.56. The van der Waals surface area contributed by atoms with E-state index in [1.165, 1.54) is 47.4 Å². The van der Waals surface area contributed by atoms with Gasteiger partial charge in [0, 0.05) is 16.1 Å². The number of ketones is 1. The van der Waals surface area contributed by atoms with Gasteiger partial charge >= 0.3 is 5.97 Å². The molecule has 38 heavy (non-hydrogen) atoms. The molecule has 1 aliphatic heterocycles. The molecular weight excluding hydrogens is 510 g/mol. The number of amides is 1. The Hall–Kier alpha value is -4.56. The third-order valence-corrected chi connectivity index (χ3v) is 6.32. The first-order valence-electron chi connectivity index (χ1n) is 11.7. The zero-order valence-electron chi connectivity index (χ0n) is 20.3. The van der Waals surface area contributed by atoms with Crippen molar-refractivity contribution < 1.29 is 33.8 Å². The Morgan fingerprint density at radius 1 is 0.974 bits per heavy atom. The number of hydrogen-bond acceptors (Lipinski definition) is 7. The second-order valence-corrected chi connectivity index (χ2v) is 9.49. The number of hydrogen-bond donors (Lipinski definition) is 2. The van der Waals surface area contributed by atoms with Crippen molar-refractivity contribution in [2.45, 2.75) is 26.0 Å². The molecule has 1 aliphatic rings. The van der Waals surface area contributed by atoms with Crippen LogP contribution in [-0.4, -0.2) is 34.0 Å². The van der Waals surface area contributed by atoms with Crippen LogP contribution >= 0.6 is 11.6 Å². The Labute approximate surface area is 222 Å². The molecule has 192 valence electrons. The SMILES string of the molecule is CC(C)OC(=O)c1ccc(N2C(=O)C(O)=C(C(=O)c3cc4cc(Cl)ccc4o3)C2c2ccc(O)cc2)cc1. The van der Waals surface area contributed by atoms with Crippen LogP contribution in [-0.2, 0) is 9.53 Å². The number of halogens is 1. The van der Waals surface area contributed by atoms with Crippen LogP contribution in [0.15, 0.2) is 88.5 Å². The van der Waals surface area contributed by atoms with E-state index in [0.717, 1.165) is 0 Å². The van der Waals surface area contributed by atoms with Gasteiger partial charge in [0.1, 0.15) is 11.3 Å². The van der Waals surface area contributed by atoms with Crippen molar-refractivity contribution in [3.05, 3.63) is 106 Å². The summed E-state index contributed by atoms with van der Waals surface area (Å²) in [5.41, 5.74) is 1.31. The van der Waals surface area contributed by atoms with Gasteiger partial charge in [-0.25, -0.2) is 4.79 Å². The summed E-state index contributed by atoms with van der Waals surface area (Å²) in [5.74, 6) is -2.81. The van der Waals surface area contributed by atoms with Gasteiger partial charge in [-0.15, -0.1) is 0 Å². The number of nitrogens with zero attached hydrogens (tertiary/aromatic N) is 1. The van der Waals surface area contributed by atoms with Gasteiger partial charge < -0.3 is 19.4 Å². The molecule has 9 heteroatoms. The van der Waals surface area contributed by atoms with E-state index in [1.807, 2.05) is 0 Å². The van der Waals surface area contributed by atoms with Crippen LogP contribution in [0.4, 0.5) is 5.69 Å². The molecule has 0 saturated heterocycles. The number of esters is 1. The molecule has 5 rings (SSSR count). The summed E-state index contributed by atoms with van der Waals surface area (Å²) in [5, 5.41) is 21.8. The Bertz CT molecular complexity index is 1600. The molecule has 3 aromatic carbocycles. The topological polar surface area (TPSA) is 117 Å². The first kappa shape index (κ1) is 25.1. The van der Waals surface area contributed by atoms with E-state index < -0.39 is 29.5 Å². The summed E-state index contributed by atoms with van der Waals surface area (Å²) in [6, 6.07) is 17.4. The summed E-state index contributed by atoms with van der Waals surface area (Å²) in [7, 11) is 0. The zero-order valence-corrected chi connectivity index (χ0v) is 21.1. The lowest BCUT2D eigenvalue weighted by Crippen LogP contribution is -2.31. The predicted octanol–water partition coefficient (Wildman–Crippen LogP) is 6.14. The monoisotopic (exact) mass is 531 g/mol. The van der Waals surface area contributed by atoms with E-state index in [0.29, 0.717) is 27.2 Å². The zero-order chi connectivity index (χ0) is 27.1. The number of aliphatic hydroxyl groups is 1. The number of fused-ring (bicyclic) bond motifs is 1. The average molecular weight is 532 g/mol. The highest BCUT2D eigenvalue weighted by atomic mass is 35.5. The van der Waals surface area contributed by atoms with Crippen molar-refractivity contribution in [2.75, 3.05) is 4.90 Å². The number of benzene rings is 3. The van der Waals surface area contributed by atoms with Crippen molar-refractivity contribution in [1.82, 2.24) is 0 Å². The maximum absolute atomic E-state index is 13.7. The van der Waals surface area contributed by atoms with E-state index in [4.69, 9.17) is 20.8 Å². The number of rotatable bonds is 6. The largest absolute Gasteiger partial charge is 0.508 e. The van der Waals surface area contributed by atoms with E-state index >= 15 is 0 Å². The molecule has 0 fully saturated rings. The molecule has 0 radical (unpaired) electrons. The van der Waals surface area contributed by atoms with Gasteiger partial charge in [-0.05, 0) is 80.1 Å². The molecule has 2 N–H and O–H groups in total. The van der Waals surface area contributed by atoms with Crippen molar-refractivity contribution in [3.63, 3.8) is 0 Å². The smallest absolute Gasteiger partial charge is 0.338 e. The molecule has 2 heterocycles. The van der Waals surface area contributed by atoms with Crippen LogP contribution in [0.3, 0.4) is 0 Å². The molecule has 1 amide bonds. The van der Waals surface area contributed by atoms with E-state index in [9.17, 15) is 24.6 Å². The minimum atomic E-state index is -1.04. The lowest BCUT2D eigenvalue weighted by molar-refractivity contribution is -0.117. The first-order chi connectivity index (χ1) is 18.1. The Morgan fingerprint density at radius 2 is 1.66 bits per heavy atom. The second kappa shape index (κ2) is 9.72. The van der Waals surface area contributed by atoms with Crippen molar-refractivity contribution in [1.29, 1.82) is 0 Å². The molecule has 0 aliphatic carbocycles. The molecule has 0 spiro atoms. The third-order valence-electron chi connectivity index (χ3n) is 6.09. The lowest BCUT2D eigenvalue weighted by Gasteiger charge is -2.27. The van der Waals surface area contributed by atoms with E-state index in [2.05, 4.69) is 0 Å². The van der Waals surface area contributed by atoms with Crippen LogP contribution in [0.25, 0.3) is 11.0 Å². The number of phenolic OH excluding ortho intramolecular Hbond substituents is 1. The lowest BCUT2D eigenvalue weighted by atomic mass is 9.94. The number of carbonyl (C=O) groups excluding carboxylic acids is 3. The number of Topliss-reactive ketones (excluding diaryl/α,β-unsaturated/α-hetero) is 1. The molecule has 1 atom stereocenters. The van der Waals surface area contributed by atoms with Gasteiger partial charge in [0.15, 0.2) is 11.5 Å². The number of aromatic hydroxyl groups is 1. The van der Waals surface area contributed by atoms with Gasteiger partial charge in [-0.1, -0.05) is 23.7 Å². The number of phenols is 1. The Balaban J connectivity index is 1.58. The summed E-state index contributed by atoms with van der Waals surface area (Å²) in [6.07, 6.45) is -0.301.